The van der Waals surface area contributed by atoms with Gasteiger partial charge in [0.25, 0.3) is 0 Å². The average molecular weight is 142 g/mol. The zero-order valence-corrected chi connectivity index (χ0v) is 5.47. The van der Waals surface area contributed by atoms with Crippen molar-refractivity contribution in [2.45, 2.75) is 5.25 Å². The van der Waals surface area contributed by atoms with E-state index in [2.05, 4.69) is 0 Å². The fourth-order valence-corrected chi connectivity index (χ4v) is 2.51. The fraction of sp³-hybridized carbons (Fsp3) is 0.500. The summed E-state index contributed by atoms with van der Waals surface area (Å²) in [6.45, 7) is 0. The summed E-state index contributed by atoms with van der Waals surface area (Å²) in [7, 11) is 0. The lowest BCUT2D eigenvalue weighted by Crippen LogP contribution is -2.01. The molecule has 0 aromatic rings. The van der Waals surface area contributed by atoms with Gasteiger partial charge in [0.15, 0.2) is 0 Å². The minimum atomic E-state index is -0.637. The molecule has 1 fully saturated rings. The van der Waals surface area contributed by atoms with Crippen molar-refractivity contribution in [2.24, 2.45) is 11.8 Å². The summed E-state index contributed by atoms with van der Waals surface area (Å²) in [5.74, 6) is -0.352. The van der Waals surface area contributed by atoms with Gasteiger partial charge in [0, 0.05) is 11.2 Å². The molecule has 48 valence electrons. The molecule has 2 rings (SSSR count). The van der Waals surface area contributed by atoms with Gasteiger partial charge in [-0.25, -0.2) is 0 Å². The number of carboxylic acid groups (broad SMARTS) is 1. The van der Waals surface area contributed by atoms with Crippen LogP contribution in [0.25, 0.3) is 0 Å². The van der Waals surface area contributed by atoms with Crippen LogP contribution in [-0.4, -0.2) is 16.3 Å². The van der Waals surface area contributed by atoms with Gasteiger partial charge in [-0.15, -0.1) is 11.8 Å². The van der Waals surface area contributed by atoms with Crippen molar-refractivity contribution in [2.75, 3.05) is 0 Å². The molecule has 1 aliphatic carbocycles. The Balaban J connectivity index is 2.10. The van der Waals surface area contributed by atoms with Crippen LogP contribution in [0.1, 0.15) is 0 Å². The maximum Gasteiger partial charge on any atom is 0.308 e. The number of aliphatic carboxylic acids is 1. The van der Waals surface area contributed by atoms with Crippen molar-refractivity contribution in [3.63, 3.8) is 0 Å². The minimum absolute atomic E-state index is 0.0694. The quantitative estimate of drug-likeness (QED) is 0.592. The van der Waals surface area contributed by atoms with E-state index < -0.39 is 5.97 Å². The molecule has 0 amide bonds. The maximum absolute atomic E-state index is 10.3. The minimum Gasteiger partial charge on any atom is -0.481 e. The Kier molecular flexibility index (Phi) is 0.913. The molecule has 0 radical (unpaired) electrons. The van der Waals surface area contributed by atoms with Crippen molar-refractivity contribution in [1.82, 2.24) is 0 Å². The van der Waals surface area contributed by atoms with Gasteiger partial charge < -0.3 is 5.11 Å². The lowest BCUT2D eigenvalue weighted by molar-refractivity contribution is -0.138. The first-order chi connectivity index (χ1) is 4.30. The molecule has 2 unspecified atom stereocenters. The maximum atomic E-state index is 10.3. The number of hydrogen-bond acceptors (Lipinski definition) is 2. The van der Waals surface area contributed by atoms with Crippen LogP contribution in [0.4, 0.5) is 0 Å². The standard InChI is InChI=1S/C6H6O2S/c7-6(8)4-3-1-2-9-5(3)4/h1-5H,(H,7,8)/t3?,4-,5?/m1/s1. The van der Waals surface area contributed by atoms with Crippen molar-refractivity contribution in [3.05, 3.63) is 11.5 Å². The molecule has 2 nitrogen and oxygen atoms in total. The van der Waals surface area contributed by atoms with E-state index in [0.29, 0.717) is 11.2 Å². The predicted octanol–water partition coefficient (Wildman–Crippen LogP) is 0.946. The Labute approximate surface area is 56.9 Å². The largest absolute Gasteiger partial charge is 0.481 e. The number of rotatable bonds is 1. The fourth-order valence-electron chi connectivity index (χ4n) is 1.24. The van der Waals surface area contributed by atoms with Gasteiger partial charge in [-0.3, -0.25) is 4.79 Å². The van der Waals surface area contributed by atoms with E-state index in [-0.39, 0.29) is 5.92 Å². The summed E-state index contributed by atoms with van der Waals surface area (Å²) in [6.07, 6.45) is 1.99. The van der Waals surface area contributed by atoms with Crippen LogP contribution in [-0.2, 0) is 4.79 Å². The molecule has 1 saturated carbocycles. The van der Waals surface area contributed by atoms with E-state index in [1.165, 1.54) is 0 Å². The van der Waals surface area contributed by atoms with Crippen LogP contribution in [0.3, 0.4) is 0 Å². The van der Waals surface area contributed by atoms with Crippen molar-refractivity contribution in [3.8, 4) is 0 Å². The molecule has 0 saturated heterocycles. The number of allylic oxidation sites excluding steroid dienone is 1. The van der Waals surface area contributed by atoms with E-state index in [9.17, 15) is 4.79 Å². The molecular formula is C6H6O2S. The summed E-state index contributed by atoms with van der Waals surface area (Å²) in [6, 6.07) is 0. The first-order valence-corrected chi connectivity index (χ1v) is 3.80. The Bertz CT molecular complexity index is 187. The Morgan fingerprint density at radius 1 is 1.67 bits per heavy atom. The van der Waals surface area contributed by atoms with Crippen LogP contribution in [0, 0.1) is 11.8 Å². The third kappa shape index (κ3) is 0.611. The number of hydrogen-bond donors (Lipinski definition) is 1. The monoisotopic (exact) mass is 142 g/mol. The smallest absolute Gasteiger partial charge is 0.308 e. The average Bonchev–Trinajstić information content (AvgIpc) is 2.30. The Morgan fingerprint density at radius 3 is 2.78 bits per heavy atom. The zero-order chi connectivity index (χ0) is 6.43. The first kappa shape index (κ1) is 5.35. The lowest BCUT2D eigenvalue weighted by Gasteiger charge is -1.87. The molecule has 0 aromatic carbocycles. The first-order valence-electron chi connectivity index (χ1n) is 2.85. The van der Waals surface area contributed by atoms with Gasteiger partial charge in [-0.1, -0.05) is 6.08 Å². The molecule has 3 heteroatoms. The summed E-state index contributed by atoms with van der Waals surface area (Å²) < 4.78 is 0. The normalized spacial score (nSPS) is 44.7. The second kappa shape index (κ2) is 1.53. The molecule has 0 spiro atoms. The van der Waals surface area contributed by atoms with Gasteiger partial charge in [-0.2, -0.15) is 0 Å². The molecule has 0 aromatic heterocycles. The zero-order valence-electron chi connectivity index (χ0n) is 4.65. The second-order valence-electron chi connectivity index (χ2n) is 2.37. The van der Waals surface area contributed by atoms with E-state index in [1.807, 2.05) is 11.5 Å². The van der Waals surface area contributed by atoms with Crippen molar-refractivity contribution >= 4 is 17.7 Å². The Hall–Kier alpha value is -0.440. The second-order valence-corrected chi connectivity index (χ2v) is 3.46. The number of fused-ring (bicyclic) bond motifs is 1. The summed E-state index contributed by atoms with van der Waals surface area (Å²) in [5.41, 5.74) is 0. The van der Waals surface area contributed by atoms with Crippen molar-refractivity contribution < 1.29 is 9.90 Å². The molecule has 0 bridgehead atoms. The van der Waals surface area contributed by atoms with Gasteiger partial charge >= 0.3 is 5.97 Å². The van der Waals surface area contributed by atoms with Gasteiger partial charge in [-0.05, 0) is 5.41 Å². The number of carbonyl (C=O) groups is 1. The highest BCUT2D eigenvalue weighted by Crippen LogP contribution is 2.54. The SMILES string of the molecule is O=C(O)[C@@H]1C2C=CSC21. The summed E-state index contributed by atoms with van der Waals surface area (Å²) >= 11 is 1.65. The topological polar surface area (TPSA) is 37.3 Å². The molecule has 1 heterocycles. The highest BCUT2D eigenvalue weighted by Gasteiger charge is 2.55. The highest BCUT2D eigenvalue weighted by atomic mass is 32.2. The summed E-state index contributed by atoms with van der Waals surface area (Å²) in [4.78, 5) is 10.3. The lowest BCUT2D eigenvalue weighted by atomic mass is 10.3. The third-order valence-electron chi connectivity index (χ3n) is 1.83. The van der Waals surface area contributed by atoms with Gasteiger partial charge in [0.2, 0.25) is 0 Å². The third-order valence-corrected chi connectivity index (χ3v) is 3.06. The van der Waals surface area contributed by atoms with E-state index in [0.717, 1.165) is 0 Å². The van der Waals surface area contributed by atoms with Crippen LogP contribution in [0.2, 0.25) is 0 Å². The summed E-state index contributed by atoms with van der Waals surface area (Å²) in [5, 5.41) is 10.9. The van der Waals surface area contributed by atoms with Crippen LogP contribution in [0.15, 0.2) is 11.5 Å². The number of thioether (sulfide) groups is 1. The van der Waals surface area contributed by atoms with Gasteiger partial charge in [0.1, 0.15) is 0 Å². The number of carboxylic acids is 1. The predicted molar refractivity (Wildman–Crippen MR) is 35.1 cm³/mol. The molecule has 1 N–H and O–H groups in total. The molecule has 1 aliphatic heterocycles. The van der Waals surface area contributed by atoms with Crippen molar-refractivity contribution in [1.29, 1.82) is 0 Å². The molecule has 3 atom stereocenters. The molecule has 2 aliphatic rings. The van der Waals surface area contributed by atoms with E-state index in [4.69, 9.17) is 5.11 Å². The van der Waals surface area contributed by atoms with E-state index >= 15 is 0 Å². The molecule has 9 heavy (non-hydrogen) atoms. The van der Waals surface area contributed by atoms with Crippen LogP contribution >= 0.6 is 11.8 Å². The highest BCUT2D eigenvalue weighted by molar-refractivity contribution is 8.03. The van der Waals surface area contributed by atoms with E-state index in [1.54, 1.807) is 11.8 Å². The van der Waals surface area contributed by atoms with Crippen LogP contribution in [0.5, 0.6) is 0 Å². The van der Waals surface area contributed by atoms with Crippen LogP contribution < -0.4 is 0 Å². The molecular weight excluding hydrogens is 136 g/mol. The Morgan fingerprint density at radius 2 is 2.44 bits per heavy atom. The van der Waals surface area contributed by atoms with Gasteiger partial charge in [0.05, 0.1) is 5.92 Å².